The second-order valence-electron chi connectivity index (χ2n) is 17.7. The van der Waals surface area contributed by atoms with Crippen LogP contribution in [0.3, 0.4) is 0 Å². The summed E-state index contributed by atoms with van der Waals surface area (Å²) in [5, 5.41) is 2.71. The molecule has 1 aliphatic carbocycles. The number of benzene rings is 4. The SMILES string of the molecule is C.CC(C)(C)N1c2ccccc2C=Cc2ccccc21.CC(C)(C)n1ccc2c1CCCC2.CC(C)n1c2ccccc2c2ccccc21.CC(C)n1cccc1. The van der Waals surface area contributed by atoms with E-state index in [9.17, 15) is 0 Å². The van der Waals surface area contributed by atoms with Crippen LogP contribution < -0.4 is 4.90 Å². The molecule has 0 spiro atoms. The third-order valence-corrected chi connectivity index (χ3v) is 10.7. The molecule has 9 rings (SSSR count). The zero-order valence-corrected chi connectivity index (χ0v) is 35.6. The van der Waals surface area contributed by atoms with Crippen molar-refractivity contribution in [1.29, 1.82) is 0 Å². The number of aryl methyl sites for hydroxylation is 1. The number of para-hydroxylation sites is 4. The van der Waals surface area contributed by atoms with Gasteiger partial charge in [-0.05, 0) is 154 Å². The van der Waals surface area contributed by atoms with Crippen LogP contribution >= 0.6 is 0 Å². The standard InChI is InChI=1S/C18H19N.C15H15N.C12H19N.C7H11N.CH4/c1-18(2,3)19-16-10-6-4-8-14(16)12-13-15-9-5-7-11-17(15)19;1-11(2)16-14-9-5-3-7-12(14)13-8-4-6-10-15(13)16;1-12(2,3)13-9-8-10-6-4-5-7-11(10)13;1-7(2)8-5-3-4-6-8;/h4-13H,1-3H3;3-11H,1-2H3;8-9H,4-7H2,1-3H3;3-7H,1-2H3;1H4. The molecule has 4 nitrogen and oxygen atoms in total. The molecule has 0 unspecified atom stereocenters. The first-order valence-corrected chi connectivity index (χ1v) is 20.7. The molecule has 7 aromatic rings. The third kappa shape index (κ3) is 9.85. The molecule has 0 fully saturated rings. The fraction of sp³-hybridized carbons (Fsp3) is 0.358. The lowest BCUT2D eigenvalue weighted by atomic mass is 9.97. The molecule has 300 valence electrons. The van der Waals surface area contributed by atoms with Gasteiger partial charge in [0.05, 0.1) is 0 Å². The van der Waals surface area contributed by atoms with Gasteiger partial charge in [-0.2, -0.15) is 0 Å². The normalized spacial score (nSPS) is 13.2. The first-order valence-electron chi connectivity index (χ1n) is 20.7. The van der Waals surface area contributed by atoms with Gasteiger partial charge in [-0.15, -0.1) is 0 Å². The minimum absolute atomic E-state index is 0. The number of hydrogen-bond donors (Lipinski definition) is 0. The number of rotatable bonds is 2. The summed E-state index contributed by atoms with van der Waals surface area (Å²) in [5.41, 5.74) is 11.2. The highest BCUT2D eigenvalue weighted by atomic mass is 15.2. The molecule has 0 atom stereocenters. The van der Waals surface area contributed by atoms with Crippen LogP contribution in [0.5, 0.6) is 0 Å². The second kappa shape index (κ2) is 18.4. The summed E-state index contributed by atoms with van der Waals surface area (Å²) < 4.78 is 7.02. The predicted molar refractivity (Wildman–Crippen MR) is 251 cm³/mol. The van der Waals surface area contributed by atoms with Crippen molar-refractivity contribution < 1.29 is 0 Å². The molecule has 4 heteroatoms. The summed E-state index contributed by atoms with van der Waals surface area (Å²) in [6.07, 6.45) is 16.1. The van der Waals surface area contributed by atoms with Gasteiger partial charge in [0.25, 0.3) is 0 Å². The molecule has 1 aliphatic heterocycles. The maximum absolute atomic E-state index is 2.45. The number of aromatic nitrogens is 3. The van der Waals surface area contributed by atoms with Crippen molar-refractivity contribution in [3.8, 4) is 0 Å². The summed E-state index contributed by atoms with van der Waals surface area (Å²) in [5.74, 6) is 0. The van der Waals surface area contributed by atoms with Gasteiger partial charge < -0.3 is 18.6 Å². The number of hydrogen-bond acceptors (Lipinski definition) is 1. The summed E-state index contributed by atoms with van der Waals surface area (Å²) in [4.78, 5) is 2.43. The third-order valence-electron chi connectivity index (χ3n) is 10.7. The summed E-state index contributed by atoms with van der Waals surface area (Å²) in [6.45, 7) is 22.4. The van der Waals surface area contributed by atoms with Crippen molar-refractivity contribution in [3.63, 3.8) is 0 Å². The largest absolute Gasteiger partial charge is 0.352 e. The Balaban J connectivity index is 0.000000150. The summed E-state index contributed by atoms with van der Waals surface area (Å²) in [7, 11) is 0. The monoisotopic (exact) mass is 761 g/mol. The Morgan fingerprint density at radius 2 is 0.965 bits per heavy atom. The van der Waals surface area contributed by atoms with Crippen molar-refractivity contribution in [2.75, 3.05) is 4.90 Å². The van der Waals surface area contributed by atoms with Gasteiger partial charge in [-0.25, -0.2) is 0 Å². The van der Waals surface area contributed by atoms with Crippen LogP contribution in [0.25, 0.3) is 34.0 Å². The van der Waals surface area contributed by atoms with Gasteiger partial charge in [0.1, 0.15) is 0 Å². The van der Waals surface area contributed by atoms with Crippen LogP contribution in [0.4, 0.5) is 11.4 Å². The van der Waals surface area contributed by atoms with E-state index in [1.165, 1.54) is 70.0 Å². The van der Waals surface area contributed by atoms with E-state index >= 15 is 0 Å². The molecule has 0 N–H and O–H groups in total. The van der Waals surface area contributed by atoms with Gasteiger partial charge in [-0.3, -0.25) is 0 Å². The Bertz CT molecular complexity index is 2250. The molecule has 3 aromatic heterocycles. The summed E-state index contributed by atoms with van der Waals surface area (Å²) in [6, 6.07) is 41.9. The van der Waals surface area contributed by atoms with Crippen LogP contribution in [0.2, 0.25) is 0 Å². The average molecular weight is 761 g/mol. The van der Waals surface area contributed by atoms with Crippen LogP contribution in [0, 0.1) is 0 Å². The van der Waals surface area contributed by atoms with E-state index in [-0.39, 0.29) is 18.5 Å². The molecule has 57 heavy (non-hydrogen) atoms. The quantitative estimate of drug-likeness (QED) is 0.172. The van der Waals surface area contributed by atoms with Crippen molar-refractivity contribution >= 4 is 45.3 Å². The molecule has 0 amide bonds. The average Bonchev–Trinajstić information content (AvgIpc) is 3.92. The van der Waals surface area contributed by atoms with E-state index in [4.69, 9.17) is 0 Å². The molecule has 2 aliphatic rings. The van der Waals surface area contributed by atoms with E-state index in [1.807, 2.05) is 12.1 Å². The second-order valence-corrected chi connectivity index (χ2v) is 17.7. The molecule has 4 heterocycles. The predicted octanol–water partition coefficient (Wildman–Crippen LogP) is 15.3. The lowest BCUT2D eigenvalue weighted by Crippen LogP contribution is -2.38. The molecule has 0 saturated heterocycles. The van der Waals surface area contributed by atoms with E-state index in [2.05, 4.69) is 222 Å². The van der Waals surface area contributed by atoms with Gasteiger partial charge in [0.15, 0.2) is 0 Å². The topological polar surface area (TPSA) is 18.0 Å². The van der Waals surface area contributed by atoms with Crippen LogP contribution in [-0.2, 0) is 18.4 Å². The van der Waals surface area contributed by atoms with Gasteiger partial charge >= 0.3 is 0 Å². The molecule has 4 aromatic carbocycles. The Labute approximate surface area is 344 Å². The zero-order chi connectivity index (χ0) is 40.0. The lowest BCUT2D eigenvalue weighted by molar-refractivity contribution is 0.380. The van der Waals surface area contributed by atoms with E-state index in [0.717, 1.165) is 0 Å². The van der Waals surface area contributed by atoms with Gasteiger partial charge in [0, 0.05) is 80.6 Å². The lowest BCUT2D eigenvalue weighted by Gasteiger charge is -2.38. The van der Waals surface area contributed by atoms with Crippen LogP contribution in [-0.4, -0.2) is 19.2 Å². The first-order chi connectivity index (χ1) is 26.8. The fourth-order valence-corrected chi connectivity index (χ4v) is 8.15. The Kier molecular flexibility index (Phi) is 13.8. The highest BCUT2D eigenvalue weighted by Gasteiger charge is 2.27. The maximum Gasteiger partial charge on any atom is 0.0493 e. The Morgan fingerprint density at radius 1 is 0.491 bits per heavy atom. The van der Waals surface area contributed by atoms with E-state index in [0.29, 0.717) is 12.1 Å². The fourth-order valence-electron chi connectivity index (χ4n) is 8.15. The van der Waals surface area contributed by atoms with Crippen LogP contribution in [0.1, 0.15) is 124 Å². The molecule has 0 saturated carbocycles. The maximum atomic E-state index is 2.45. The van der Waals surface area contributed by atoms with Gasteiger partial charge in [0.2, 0.25) is 0 Å². The minimum Gasteiger partial charge on any atom is -0.352 e. The van der Waals surface area contributed by atoms with Crippen molar-refractivity contribution in [3.05, 3.63) is 156 Å². The Morgan fingerprint density at radius 3 is 1.42 bits per heavy atom. The smallest absolute Gasteiger partial charge is 0.0493 e. The minimum atomic E-state index is 0. The molecular weight excluding hydrogens is 693 g/mol. The van der Waals surface area contributed by atoms with Crippen molar-refractivity contribution in [2.45, 2.75) is 126 Å². The zero-order valence-electron chi connectivity index (χ0n) is 35.6. The molecular formula is C53H68N4. The first kappa shape index (κ1) is 42.9. The number of anilines is 2. The van der Waals surface area contributed by atoms with Gasteiger partial charge in [-0.1, -0.05) is 92.4 Å². The van der Waals surface area contributed by atoms with E-state index < -0.39 is 0 Å². The van der Waals surface area contributed by atoms with E-state index in [1.54, 1.807) is 11.3 Å². The highest BCUT2D eigenvalue weighted by molar-refractivity contribution is 6.08. The van der Waals surface area contributed by atoms with Crippen LogP contribution in [0.15, 0.2) is 134 Å². The van der Waals surface area contributed by atoms with Crippen molar-refractivity contribution in [2.24, 2.45) is 0 Å². The molecule has 0 bridgehead atoms. The molecule has 0 radical (unpaired) electrons. The Hall–Kier alpha value is -5.22. The number of nitrogens with zero attached hydrogens (tertiary/aromatic N) is 4. The number of fused-ring (bicyclic) bond motifs is 6. The highest BCUT2D eigenvalue weighted by Crippen LogP contribution is 2.40. The van der Waals surface area contributed by atoms with Crippen molar-refractivity contribution in [1.82, 2.24) is 13.7 Å². The summed E-state index contributed by atoms with van der Waals surface area (Å²) >= 11 is 0.